The first kappa shape index (κ1) is 28.3. The summed E-state index contributed by atoms with van der Waals surface area (Å²) in [6.45, 7) is 5.72. The summed E-state index contributed by atoms with van der Waals surface area (Å²) in [5.74, 6) is -0.0989. The molecule has 0 saturated carbocycles. The number of benzene rings is 2. The molecule has 3 N–H and O–H groups in total. The van der Waals surface area contributed by atoms with Crippen molar-refractivity contribution in [2.24, 2.45) is 4.99 Å². The molecule has 0 unspecified atom stereocenters. The number of amides is 2. The molecule has 0 radical (unpaired) electrons. The molecule has 33 heavy (non-hydrogen) atoms. The van der Waals surface area contributed by atoms with Crippen LogP contribution < -0.4 is 16.0 Å². The molecule has 0 saturated heterocycles. The Morgan fingerprint density at radius 3 is 2.39 bits per heavy atom. The van der Waals surface area contributed by atoms with Gasteiger partial charge < -0.3 is 20.9 Å². The minimum Gasteiger partial charge on any atom is -0.357 e. The molecule has 0 spiro atoms. The number of guanidine groups is 1. The summed E-state index contributed by atoms with van der Waals surface area (Å²) < 4.78 is 13.6. The van der Waals surface area contributed by atoms with Crippen molar-refractivity contribution in [3.05, 3.63) is 70.5 Å². The number of halogens is 2. The van der Waals surface area contributed by atoms with Gasteiger partial charge in [0.15, 0.2) is 5.96 Å². The minimum absolute atomic E-state index is 0. The normalized spacial score (nSPS) is 10.8. The summed E-state index contributed by atoms with van der Waals surface area (Å²) in [4.78, 5) is 30.4. The largest absolute Gasteiger partial charge is 0.357 e. The number of nitrogens with zero attached hydrogens (tertiary/aromatic N) is 2. The molecule has 0 fully saturated rings. The van der Waals surface area contributed by atoms with Crippen LogP contribution in [0.2, 0.25) is 0 Å². The number of hydrogen-bond donors (Lipinski definition) is 3. The third kappa shape index (κ3) is 9.37. The molecule has 0 aliphatic rings. The molecule has 0 atom stereocenters. The maximum absolute atomic E-state index is 13.6. The van der Waals surface area contributed by atoms with Crippen LogP contribution in [0.1, 0.15) is 38.8 Å². The fraction of sp³-hybridized carbons (Fsp3) is 0.375. The van der Waals surface area contributed by atoms with Crippen molar-refractivity contribution in [1.29, 1.82) is 0 Å². The molecule has 0 aliphatic carbocycles. The molecule has 9 heteroatoms. The van der Waals surface area contributed by atoms with E-state index in [2.05, 4.69) is 20.9 Å². The van der Waals surface area contributed by atoms with E-state index in [1.807, 2.05) is 25.1 Å². The predicted octanol–water partition coefficient (Wildman–Crippen LogP) is 2.98. The number of aryl methyl sites for hydroxylation is 1. The Hall–Kier alpha value is -2.69. The van der Waals surface area contributed by atoms with Gasteiger partial charge in [-0.2, -0.15) is 0 Å². The molecule has 0 heterocycles. The third-order valence-corrected chi connectivity index (χ3v) is 4.73. The van der Waals surface area contributed by atoms with Crippen molar-refractivity contribution in [3.63, 3.8) is 0 Å². The molecule has 0 aromatic heterocycles. The van der Waals surface area contributed by atoms with Gasteiger partial charge in [-0.3, -0.25) is 14.6 Å². The fourth-order valence-electron chi connectivity index (χ4n) is 2.95. The molecule has 2 amide bonds. The van der Waals surface area contributed by atoms with Crippen molar-refractivity contribution in [2.75, 3.05) is 40.3 Å². The highest BCUT2D eigenvalue weighted by atomic mass is 127. The lowest BCUT2D eigenvalue weighted by Gasteiger charge is -2.13. The van der Waals surface area contributed by atoms with Crippen LogP contribution in [0.15, 0.2) is 47.5 Å². The highest BCUT2D eigenvalue weighted by Gasteiger charge is 2.09. The number of hydrogen-bond acceptors (Lipinski definition) is 3. The zero-order valence-corrected chi connectivity index (χ0v) is 21.9. The van der Waals surface area contributed by atoms with Gasteiger partial charge in [0, 0.05) is 51.4 Å². The summed E-state index contributed by atoms with van der Waals surface area (Å²) in [5.41, 5.74) is 2.50. The lowest BCUT2D eigenvalue weighted by molar-refractivity contribution is 0.0827. The average molecular weight is 569 g/mol. The number of nitrogens with one attached hydrogen (secondary N) is 3. The lowest BCUT2D eigenvalue weighted by Crippen LogP contribution is -2.41. The molecule has 7 nitrogen and oxygen atoms in total. The SMILES string of the molecule is CCNC(=NCCc1cccc(C(=O)N(C)C)c1)NCCNC(=O)c1ccc(C)c(F)c1.I. The quantitative estimate of drug-likeness (QED) is 0.188. The predicted molar refractivity (Wildman–Crippen MR) is 141 cm³/mol. The van der Waals surface area contributed by atoms with Crippen molar-refractivity contribution >= 4 is 41.8 Å². The van der Waals surface area contributed by atoms with E-state index in [1.54, 1.807) is 44.1 Å². The van der Waals surface area contributed by atoms with E-state index < -0.39 is 5.82 Å². The van der Waals surface area contributed by atoms with Crippen LogP contribution in [0.3, 0.4) is 0 Å². The number of aliphatic imine (C=N–C) groups is 1. The Bertz CT molecular complexity index is 966. The Morgan fingerprint density at radius 2 is 1.73 bits per heavy atom. The van der Waals surface area contributed by atoms with Gasteiger partial charge in [0.25, 0.3) is 11.8 Å². The second-order valence-electron chi connectivity index (χ2n) is 7.56. The summed E-state index contributed by atoms with van der Waals surface area (Å²) in [5, 5.41) is 9.10. The maximum atomic E-state index is 13.6. The first-order chi connectivity index (χ1) is 15.3. The number of rotatable bonds is 9. The van der Waals surface area contributed by atoms with Gasteiger partial charge in [-0.15, -0.1) is 24.0 Å². The number of carbonyl (C=O) groups excluding carboxylic acids is 2. The van der Waals surface area contributed by atoms with Crippen LogP contribution in [0.25, 0.3) is 0 Å². The van der Waals surface area contributed by atoms with Crippen LogP contribution in [-0.2, 0) is 6.42 Å². The minimum atomic E-state index is -0.394. The highest BCUT2D eigenvalue weighted by molar-refractivity contribution is 14.0. The van der Waals surface area contributed by atoms with Crippen LogP contribution in [0.5, 0.6) is 0 Å². The zero-order chi connectivity index (χ0) is 23.5. The summed E-state index contributed by atoms with van der Waals surface area (Å²) in [7, 11) is 3.46. The van der Waals surface area contributed by atoms with Gasteiger partial charge in [-0.1, -0.05) is 18.2 Å². The Balaban J connectivity index is 0.00000544. The number of carbonyl (C=O) groups is 2. The van der Waals surface area contributed by atoms with Crippen molar-refractivity contribution in [2.45, 2.75) is 20.3 Å². The standard InChI is InChI=1S/C24H32FN5O2.HI/c1-5-26-24(28-12-11-18-7-6-8-20(15-18)23(32)30(3)4)29-14-13-27-22(31)19-10-9-17(2)21(25)16-19;/h6-10,15-16H,5,11-14H2,1-4H3,(H,27,31)(H2,26,28,29);1H. The van der Waals surface area contributed by atoms with Gasteiger partial charge in [-0.25, -0.2) is 4.39 Å². The van der Waals surface area contributed by atoms with Gasteiger partial charge >= 0.3 is 0 Å². The van der Waals surface area contributed by atoms with E-state index in [0.29, 0.717) is 55.2 Å². The van der Waals surface area contributed by atoms with Crippen molar-refractivity contribution in [3.8, 4) is 0 Å². The Labute approximate surface area is 212 Å². The van der Waals surface area contributed by atoms with E-state index >= 15 is 0 Å². The van der Waals surface area contributed by atoms with Gasteiger partial charge in [0.05, 0.1) is 0 Å². The Morgan fingerprint density at radius 1 is 1.00 bits per heavy atom. The third-order valence-electron chi connectivity index (χ3n) is 4.73. The van der Waals surface area contributed by atoms with Gasteiger partial charge in [-0.05, 0) is 55.7 Å². The highest BCUT2D eigenvalue weighted by Crippen LogP contribution is 2.09. The first-order valence-corrected chi connectivity index (χ1v) is 10.7. The molecular formula is C24H33FIN5O2. The maximum Gasteiger partial charge on any atom is 0.253 e. The molecular weight excluding hydrogens is 536 g/mol. The second kappa shape index (κ2) is 14.5. The van der Waals surface area contributed by atoms with E-state index in [-0.39, 0.29) is 35.8 Å². The van der Waals surface area contributed by atoms with Crippen LogP contribution in [-0.4, -0.2) is 62.9 Å². The van der Waals surface area contributed by atoms with E-state index in [4.69, 9.17) is 0 Å². The van der Waals surface area contributed by atoms with Crippen LogP contribution in [0, 0.1) is 12.7 Å². The summed E-state index contributed by atoms with van der Waals surface area (Å²) >= 11 is 0. The zero-order valence-electron chi connectivity index (χ0n) is 19.6. The first-order valence-electron chi connectivity index (χ1n) is 10.7. The van der Waals surface area contributed by atoms with Crippen LogP contribution in [0.4, 0.5) is 4.39 Å². The summed E-state index contributed by atoms with van der Waals surface area (Å²) in [6, 6.07) is 12.0. The van der Waals surface area contributed by atoms with Gasteiger partial charge in [0.2, 0.25) is 0 Å². The smallest absolute Gasteiger partial charge is 0.253 e. The second-order valence-corrected chi connectivity index (χ2v) is 7.56. The molecule has 0 bridgehead atoms. The van der Waals surface area contributed by atoms with Crippen LogP contribution >= 0.6 is 24.0 Å². The molecule has 2 rings (SSSR count). The van der Waals surface area contributed by atoms with Gasteiger partial charge in [0.1, 0.15) is 5.82 Å². The van der Waals surface area contributed by atoms with Crippen molar-refractivity contribution in [1.82, 2.24) is 20.9 Å². The average Bonchev–Trinajstić information content (AvgIpc) is 2.77. The van der Waals surface area contributed by atoms with E-state index in [1.165, 1.54) is 6.07 Å². The molecule has 2 aromatic carbocycles. The fourth-order valence-corrected chi connectivity index (χ4v) is 2.95. The van der Waals surface area contributed by atoms with Crippen molar-refractivity contribution < 1.29 is 14.0 Å². The molecule has 2 aromatic rings. The van der Waals surface area contributed by atoms with E-state index in [0.717, 1.165) is 5.56 Å². The Kier molecular flexibility index (Phi) is 12.4. The molecule has 180 valence electrons. The summed E-state index contributed by atoms with van der Waals surface area (Å²) in [6.07, 6.45) is 0.695. The molecule has 0 aliphatic heterocycles. The topological polar surface area (TPSA) is 85.8 Å². The monoisotopic (exact) mass is 569 g/mol. The lowest BCUT2D eigenvalue weighted by atomic mass is 10.1. The van der Waals surface area contributed by atoms with E-state index in [9.17, 15) is 14.0 Å².